The number of aliphatic hydroxyl groups excluding tert-OH is 1. The van der Waals surface area contributed by atoms with Crippen molar-refractivity contribution in [2.45, 2.75) is 6.10 Å². The van der Waals surface area contributed by atoms with Crippen LogP contribution in [0.4, 0.5) is 0 Å². The van der Waals surface area contributed by atoms with Crippen LogP contribution in [0.5, 0.6) is 0 Å². The number of fused-ring (bicyclic) bond motifs is 1. The first-order chi connectivity index (χ1) is 9.18. The zero-order chi connectivity index (χ0) is 13.4. The van der Waals surface area contributed by atoms with Gasteiger partial charge in [0.1, 0.15) is 6.10 Å². The highest BCUT2D eigenvalue weighted by Gasteiger charge is 2.18. The molecule has 1 aromatic heterocycles. The fraction of sp³-hybridized carbons (Fsp3) is 0.0667. The Morgan fingerprint density at radius 2 is 1.84 bits per heavy atom. The molecule has 3 aromatic rings. The van der Waals surface area contributed by atoms with Crippen LogP contribution >= 0.6 is 38.9 Å². The molecule has 1 nitrogen and oxygen atoms in total. The molecule has 3 rings (SSSR count). The van der Waals surface area contributed by atoms with Crippen molar-refractivity contribution in [1.29, 1.82) is 0 Å². The van der Waals surface area contributed by atoms with Gasteiger partial charge in [-0.2, -0.15) is 0 Å². The molecule has 0 amide bonds. The Hall–Kier alpha value is -0.870. The molecule has 0 bridgehead atoms. The summed E-state index contributed by atoms with van der Waals surface area (Å²) in [5.74, 6) is 0. The molecule has 0 aliphatic carbocycles. The van der Waals surface area contributed by atoms with Gasteiger partial charge in [0.15, 0.2) is 0 Å². The molecule has 19 heavy (non-hydrogen) atoms. The number of thiophene rings is 1. The lowest BCUT2D eigenvalue weighted by atomic mass is 10.0. The predicted octanol–water partition coefficient (Wildman–Crippen LogP) is 5.40. The maximum Gasteiger partial charge on any atom is 0.107 e. The van der Waals surface area contributed by atoms with Gasteiger partial charge >= 0.3 is 0 Å². The van der Waals surface area contributed by atoms with Crippen molar-refractivity contribution in [1.82, 2.24) is 0 Å². The van der Waals surface area contributed by atoms with Gasteiger partial charge < -0.3 is 5.11 Å². The molecular formula is C15H10BrClOS. The number of halogens is 2. The SMILES string of the molecule is OC(c1cccc(Br)c1Cl)c1csc2ccccc12. The molecule has 0 aliphatic heterocycles. The van der Waals surface area contributed by atoms with E-state index in [1.165, 1.54) is 4.70 Å². The van der Waals surface area contributed by atoms with Crippen LogP contribution in [-0.2, 0) is 0 Å². The van der Waals surface area contributed by atoms with Crippen LogP contribution in [0, 0.1) is 0 Å². The molecule has 0 radical (unpaired) electrons. The van der Waals surface area contributed by atoms with Gasteiger partial charge in [-0.15, -0.1) is 11.3 Å². The number of rotatable bonds is 2. The molecule has 1 unspecified atom stereocenters. The number of aliphatic hydroxyl groups is 1. The standard InChI is InChI=1S/C15H10BrClOS/c16-12-6-3-5-10(14(12)17)15(18)11-8-19-13-7-2-1-4-9(11)13/h1-8,15,18H. The van der Waals surface area contributed by atoms with Crippen LogP contribution in [0.15, 0.2) is 52.3 Å². The summed E-state index contributed by atoms with van der Waals surface area (Å²) in [5.41, 5.74) is 1.63. The Bertz CT molecular complexity index is 738. The van der Waals surface area contributed by atoms with Crippen molar-refractivity contribution in [3.63, 3.8) is 0 Å². The highest BCUT2D eigenvalue weighted by atomic mass is 79.9. The average molecular weight is 354 g/mol. The van der Waals surface area contributed by atoms with Crippen molar-refractivity contribution in [3.8, 4) is 0 Å². The fourth-order valence-electron chi connectivity index (χ4n) is 2.11. The van der Waals surface area contributed by atoms with Crippen LogP contribution in [-0.4, -0.2) is 5.11 Å². The highest BCUT2D eigenvalue weighted by molar-refractivity contribution is 9.10. The second-order valence-electron chi connectivity index (χ2n) is 4.23. The third kappa shape index (κ3) is 2.32. The van der Waals surface area contributed by atoms with Gasteiger partial charge in [-0.25, -0.2) is 0 Å². The first-order valence-electron chi connectivity index (χ1n) is 5.76. The Labute approximate surface area is 128 Å². The van der Waals surface area contributed by atoms with E-state index in [1.54, 1.807) is 11.3 Å². The molecule has 0 aliphatic rings. The van der Waals surface area contributed by atoms with Crippen molar-refractivity contribution < 1.29 is 5.11 Å². The highest BCUT2D eigenvalue weighted by Crippen LogP contribution is 2.37. The van der Waals surface area contributed by atoms with Crippen LogP contribution < -0.4 is 0 Å². The lowest BCUT2D eigenvalue weighted by Crippen LogP contribution is -1.99. The van der Waals surface area contributed by atoms with E-state index in [1.807, 2.05) is 41.8 Å². The molecular weight excluding hydrogens is 344 g/mol. The molecule has 1 atom stereocenters. The maximum absolute atomic E-state index is 10.6. The van der Waals surface area contributed by atoms with Crippen LogP contribution in [0.2, 0.25) is 5.02 Å². The van der Waals surface area contributed by atoms with E-state index < -0.39 is 6.10 Å². The Morgan fingerprint density at radius 3 is 2.68 bits per heavy atom. The van der Waals surface area contributed by atoms with E-state index in [0.29, 0.717) is 5.02 Å². The minimum absolute atomic E-state index is 0.560. The average Bonchev–Trinajstić information content (AvgIpc) is 2.85. The maximum atomic E-state index is 10.6. The minimum atomic E-state index is -0.707. The van der Waals surface area contributed by atoms with E-state index in [2.05, 4.69) is 22.0 Å². The van der Waals surface area contributed by atoms with Gasteiger partial charge in [0, 0.05) is 20.3 Å². The molecule has 2 aromatic carbocycles. The largest absolute Gasteiger partial charge is 0.384 e. The van der Waals surface area contributed by atoms with Crippen molar-refractivity contribution in [2.75, 3.05) is 0 Å². The normalized spacial score (nSPS) is 12.8. The molecule has 4 heteroatoms. The van der Waals surface area contributed by atoms with Gasteiger partial charge in [-0.1, -0.05) is 41.9 Å². The number of hydrogen-bond donors (Lipinski definition) is 1. The zero-order valence-corrected chi connectivity index (χ0v) is 13.0. The summed E-state index contributed by atoms with van der Waals surface area (Å²) in [7, 11) is 0. The molecule has 0 saturated carbocycles. The summed E-state index contributed by atoms with van der Waals surface area (Å²) < 4.78 is 1.97. The van der Waals surface area contributed by atoms with Crippen LogP contribution in [0.1, 0.15) is 17.2 Å². The third-order valence-electron chi connectivity index (χ3n) is 3.08. The second kappa shape index (κ2) is 5.25. The van der Waals surface area contributed by atoms with Gasteiger partial charge in [-0.05, 0) is 38.8 Å². The lowest BCUT2D eigenvalue weighted by molar-refractivity contribution is 0.222. The topological polar surface area (TPSA) is 20.2 Å². The minimum Gasteiger partial charge on any atom is -0.384 e. The van der Waals surface area contributed by atoms with E-state index in [4.69, 9.17) is 11.6 Å². The Balaban J connectivity index is 2.13. The van der Waals surface area contributed by atoms with E-state index >= 15 is 0 Å². The first kappa shape index (κ1) is 13.1. The van der Waals surface area contributed by atoms with Gasteiger partial charge in [-0.3, -0.25) is 0 Å². The number of benzene rings is 2. The summed E-state index contributed by atoms with van der Waals surface area (Å²) in [6.07, 6.45) is -0.707. The molecule has 1 heterocycles. The molecule has 96 valence electrons. The Morgan fingerprint density at radius 1 is 1.05 bits per heavy atom. The first-order valence-corrected chi connectivity index (χ1v) is 7.81. The molecule has 0 spiro atoms. The quantitative estimate of drug-likeness (QED) is 0.654. The summed E-state index contributed by atoms with van der Waals surface area (Å²) in [4.78, 5) is 0. The van der Waals surface area contributed by atoms with E-state index in [0.717, 1.165) is 21.0 Å². The van der Waals surface area contributed by atoms with Crippen LogP contribution in [0.25, 0.3) is 10.1 Å². The predicted molar refractivity (Wildman–Crippen MR) is 85.0 cm³/mol. The van der Waals surface area contributed by atoms with E-state index in [-0.39, 0.29) is 0 Å². The zero-order valence-electron chi connectivity index (χ0n) is 9.81. The van der Waals surface area contributed by atoms with Crippen LogP contribution in [0.3, 0.4) is 0 Å². The summed E-state index contributed by atoms with van der Waals surface area (Å²) in [5, 5.41) is 14.2. The van der Waals surface area contributed by atoms with E-state index in [9.17, 15) is 5.11 Å². The Kier molecular flexibility index (Phi) is 3.63. The second-order valence-corrected chi connectivity index (χ2v) is 6.38. The smallest absolute Gasteiger partial charge is 0.107 e. The fourth-order valence-corrected chi connectivity index (χ4v) is 3.70. The number of hydrogen-bond acceptors (Lipinski definition) is 2. The van der Waals surface area contributed by atoms with Gasteiger partial charge in [0.05, 0.1) is 5.02 Å². The van der Waals surface area contributed by atoms with Gasteiger partial charge in [0.2, 0.25) is 0 Å². The molecule has 1 N–H and O–H groups in total. The monoisotopic (exact) mass is 352 g/mol. The lowest BCUT2D eigenvalue weighted by Gasteiger charge is -2.13. The summed E-state index contributed by atoms with van der Waals surface area (Å²) in [6.45, 7) is 0. The van der Waals surface area contributed by atoms with Gasteiger partial charge in [0.25, 0.3) is 0 Å². The molecule has 0 fully saturated rings. The summed E-state index contributed by atoms with van der Waals surface area (Å²) in [6, 6.07) is 13.7. The third-order valence-corrected chi connectivity index (χ3v) is 5.37. The summed E-state index contributed by atoms with van der Waals surface area (Å²) >= 11 is 11.3. The molecule has 0 saturated heterocycles. The van der Waals surface area contributed by atoms with Crippen molar-refractivity contribution in [3.05, 3.63) is 68.5 Å². The van der Waals surface area contributed by atoms with Crippen molar-refractivity contribution >= 4 is 49.0 Å². The van der Waals surface area contributed by atoms with Crippen molar-refractivity contribution in [2.24, 2.45) is 0 Å².